The van der Waals surface area contributed by atoms with Crippen LogP contribution < -0.4 is 0 Å². The molecule has 0 fully saturated rings. The quantitative estimate of drug-likeness (QED) is 0.179. The fourth-order valence-corrected chi connectivity index (χ4v) is 6.76. The summed E-state index contributed by atoms with van der Waals surface area (Å²) in [6, 6.07) is 43.5. The Bertz CT molecular complexity index is 2960. The van der Waals surface area contributed by atoms with Gasteiger partial charge in [-0.2, -0.15) is 0 Å². The SMILES string of the molecule is [2H]c1c([2H])c([2H])c2c(-c3ccc(-c4ccccc4)c4ccccc34)c3c([2H])c(-c4ccc5ccccc5c4)c([2H])c([2H])c3c(-c3ccccc3)c2c1[2H]. The van der Waals surface area contributed by atoms with Gasteiger partial charge in [0.05, 0.1) is 9.60 Å². The van der Waals surface area contributed by atoms with Crippen molar-refractivity contribution in [1.29, 1.82) is 0 Å². The van der Waals surface area contributed by atoms with Crippen LogP contribution in [0, 0.1) is 0 Å². The van der Waals surface area contributed by atoms with E-state index in [4.69, 9.17) is 2.74 Å². The third kappa shape index (κ3) is 4.30. The van der Waals surface area contributed by atoms with Crippen LogP contribution in [0.25, 0.3) is 87.6 Å². The number of hydrogen-bond donors (Lipinski definition) is 0. The Balaban J connectivity index is 1.55. The molecule has 0 saturated carbocycles. The topological polar surface area (TPSA) is 0 Å². The van der Waals surface area contributed by atoms with Crippen LogP contribution >= 0.6 is 0 Å². The van der Waals surface area contributed by atoms with Crippen molar-refractivity contribution >= 4 is 43.1 Å². The van der Waals surface area contributed by atoms with E-state index in [2.05, 4.69) is 12.1 Å². The zero-order chi connectivity index (χ0) is 36.5. The first kappa shape index (κ1) is 20.1. The van der Waals surface area contributed by atoms with E-state index in [1.807, 2.05) is 127 Å². The number of rotatable bonds is 4. The van der Waals surface area contributed by atoms with Crippen molar-refractivity contribution in [1.82, 2.24) is 0 Å². The molecule has 46 heavy (non-hydrogen) atoms. The summed E-state index contributed by atoms with van der Waals surface area (Å²) in [7, 11) is 0. The van der Waals surface area contributed by atoms with Crippen LogP contribution in [0.15, 0.2) is 182 Å². The van der Waals surface area contributed by atoms with Crippen LogP contribution in [0.5, 0.6) is 0 Å². The fraction of sp³-hybridized carbons (Fsp3) is 0. The molecule has 0 atom stereocenters. The Kier molecular flexibility index (Phi) is 4.76. The second kappa shape index (κ2) is 10.9. The molecule has 9 aromatic carbocycles. The summed E-state index contributed by atoms with van der Waals surface area (Å²) >= 11 is 0. The van der Waals surface area contributed by atoms with Gasteiger partial charge in [0, 0.05) is 0 Å². The summed E-state index contributed by atoms with van der Waals surface area (Å²) in [4.78, 5) is 0. The van der Waals surface area contributed by atoms with E-state index in [1.54, 1.807) is 0 Å². The minimum absolute atomic E-state index is 0.0222. The maximum absolute atomic E-state index is 10.1. The van der Waals surface area contributed by atoms with E-state index in [0.29, 0.717) is 44.2 Å². The zero-order valence-electron chi connectivity index (χ0n) is 31.8. The number of fused-ring (bicyclic) bond motifs is 4. The molecule has 0 radical (unpaired) electrons. The van der Waals surface area contributed by atoms with Crippen molar-refractivity contribution < 1.29 is 9.60 Å². The van der Waals surface area contributed by atoms with Gasteiger partial charge in [0.1, 0.15) is 0 Å². The summed E-state index contributed by atoms with van der Waals surface area (Å²) in [5, 5.41) is 4.93. The van der Waals surface area contributed by atoms with Gasteiger partial charge in [-0.3, -0.25) is 0 Å². The van der Waals surface area contributed by atoms with Crippen molar-refractivity contribution in [3.05, 3.63) is 182 Å². The second-order valence-corrected chi connectivity index (χ2v) is 11.5. The average molecular weight is 590 g/mol. The Morgan fingerprint density at radius 2 is 0.913 bits per heavy atom. The minimum Gasteiger partial charge on any atom is -0.0622 e. The largest absolute Gasteiger partial charge is 0.0636 e. The summed E-state index contributed by atoms with van der Waals surface area (Å²) in [6.07, 6.45) is 0. The predicted molar refractivity (Wildman–Crippen MR) is 198 cm³/mol. The number of benzene rings is 9. The first-order chi connectivity index (χ1) is 25.8. The van der Waals surface area contributed by atoms with E-state index >= 15 is 0 Å². The van der Waals surface area contributed by atoms with Crippen LogP contribution in [0.1, 0.15) is 9.60 Å². The van der Waals surface area contributed by atoms with E-state index < -0.39 is 0 Å². The van der Waals surface area contributed by atoms with Crippen LogP contribution in [-0.4, -0.2) is 0 Å². The van der Waals surface area contributed by atoms with Gasteiger partial charge in [-0.25, -0.2) is 0 Å². The molecule has 0 aliphatic heterocycles. The molecular formula is C46H30. The summed E-state index contributed by atoms with van der Waals surface area (Å²) in [5.41, 5.74) is 5.10. The van der Waals surface area contributed by atoms with Gasteiger partial charge in [0.15, 0.2) is 0 Å². The molecule has 214 valence electrons. The van der Waals surface area contributed by atoms with Gasteiger partial charge < -0.3 is 0 Å². The van der Waals surface area contributed by atoms with E-state index in [1.165, 1.54) is 0 Å². The smallest absolute Gasteiger partial charge is 0.0622 e. The Labute approximate surface area is 278 Å². The lowest BCUT2D eigenvalue weighted by atomic mass is 9.83. The van der Waals surface area contributed by atoms with Crippen LogP contribution in [-0.2, 0) is 0 Å². The van der Waals surface area contributed by atoms with Crippen LogP contribution in [0.4, 0.5) is 0 Å². The maximum Gasteiger partial charge on any atom is 0.0636 e. The highest BCUT2D eigenvalue weighted by Gasteiger charge is 2.19. The van der Waals surface area contributed by atoms with E-state index in [-0.39, 0.29) is 53.1 Å². The highest BCUT2D eigenvalue weighted by Crippen LogP contribution is 2.47. The lowest BCUT2D eigenvalue weighted by molar-refractivity contribution is 1.63. The monoisotopic (exact) mass is 589 g/mol. The Morgan fingerprint density at radius 3 is 1.67 bits per heavy atom. The molecule has 0 aromatic heterocycles. The minimum atomic E-state index is -0.384. The van der Waals surface area contributed by atoms with Crippen molar-refractivity contribution in [2.45, 2.75) is 0 Å². The van der Waals surface area contributed by atoms with Crippen molar-refractivity contribution in [2.75, 3.05) is 0 Å². The van der Waals surface area contributed by atoms with Crippen molar-refractivity contribution in [2.24, 2.45) is 0 Å². The van der Waals surface area contributed by atoms with E-state index in [0.717, 1.165) is 32.7 Å². The fourth-order valence-electron chi connectivity index (χ4n) is 6.76. The molecule has 0 N–H and O–H groups in total. The van der Waals surface area contributed by atoms with Gasteiger partial charge in [-0.1, -0.05) is 170 Å². The Morgan fingerprint density at radius 1 is 0.326 bits per heavy atom. The normalized spacial score (nSPS) is 13.6. The molecule has 0 aliphatic rings. The molecule has 0 bridgehead atoms. The molecular weight excluding hydrogens is 553 g/mol. The van der Waals surface area contributed by atoms with Gasteiger partial charge >= 0.3 is 0 Å². The zero-order valence-corrected chi connectivity index (χ0v) is 24.8. The Hall–Kier alpha value is -5.98. The van der Waals surface area contributed by atoms with Crippen molar-refractivity contribution in [3.63, 3.8) is 0 Å². The maximum atomic E-state index is 10.1. The molecule has 0 nitrogen and oxygen atoms in total. The van der Waals surface area contributed by atoms with Gasteiger partial charge in [0.25, 0.3) is 0 Å². The number of hydrogen-bond acceptors (Lipinski definition) is 0. The predicted octanol–water partition coefficient (Wildman–Crippen LogP) is 13.0. The molecule has 0 aliphatic carbocycles. The summed E-state index contributed by atoms with van der Waals surface area (Å²) in [6.45, 7) is 0. The lowest BCUT2D eigenvalue weighted by Gasteiger charge is -2.20. The molecule has 0 unspecified atom stereocenters. The molecule has 9 aromatic rings. The van der Waals surface area contributed by atoms with Crippen molar-refractivity contribution in [3.8, 4) is 44.5 Å². The molecule has 0 saturated heterocycles. The summed E-state index contributed by atoms with van der Waals surface area (Å²) < 4.78 is 65.8. The van der Waals surface area contributed by atoms with Crippen LogP contribution in [0.3, 0.4) is 0 Å². The van der Waals surface area contributed by atoms with Gasteiger partial charge in [-0.05, 0) is 99.7 Å². The average Bonchev–Trinajstić information content (AvgIpc) is 3.20. The highest BCUT2D eigenvalue weighted by atomic mass is 14.2. The lowest BCUT2D eigenvalue weighted by Crippen LogP contribution is -1.93. The van der Waals surface area contributed by atoms with Crippen LogP contribution in [0.2, 0.25) is 0 Å². The first-order valence-corrected chi connectivity index (χ1v) is 15.4. The molecule has 0 amide bonds. The van der Waals surface area contributed by atoms with Gasteiger partial charge in [0.2, 0.25) is 0 Å². The molecule has 0 heterocycles. The van der Waals surface area contributed by atoms with E-state index in [9.17, 15) is 6.85 Å². The first-order valence-electron chi connectivity index (χ1n) is 18.9. The molecule has 9 rings (SSSR count). The third-order valence-corrected chi connectivity index (χ3v) is 8.88. The van der Waals surface area contributed by atoms with Gasteiger partial charge in [-0.15, -0.1) is 0 Å². The highest BCUT2D eigenvalue weighted by molar-refractivity contribution is 6.24. The summed E-state index contributed by atoms with van der Waals surface area (Å²) in [5.74, 6) is 0. The second-order valence-electron chi connectivity index (χ2n) is 11.5. The standard InChI is InChI=1S/C46H30/c1-3-14-32(15-4-1)37-27-28-42(39-20-10-9-19-38(37)39)46-41-22-12-11-21-40(41)45(33-16-5-2-6-17-33)43-26-25-36(30-44(43)46)35-24-23-31-13-7-8-18-34(31)29-35/h1-30H/i11D,12D,21D,22D,25D,26D,30D. The molecule has 0 spiro atoms. The molecule has 0 heteroatoms. The third-order valence-electron chi connectivity index (χ3n) is 8.88.